The number of allylic oxidation sites excluding steroid dienone is 3. The second-order valence-electron chi connectivity index (χ2n) is 4.91. The van der Waals surface area contributed by atoms with Crippen molar-refractivity contribution in [3.63, 3.8) is 0 Å². The van der Waals surface area contributed by atoms with E-state index in [1.807, 2.05) is 12.2 Å². The average molecular weight is 208 g/mol. The number of hydrogen-bond acceptors (Lipinski definition) is 2. The summed E-state index contributed by atoms with van der Waals surface area (Å²) in [5, 5.41) is 18.2. The van der Waals surface area contributed by atoms with E-state index < -0.39 is 0 Å². The van der Waals surface area contributed by atoms with Gasteiger partial charge in [-0.25, -0.2) is 0 Å². The van der Waals surface area contributed by atoms with Gasteiger partial charge < -0.3 is 10.2 Å². The number of aliphatic hydroxyl groups is 2. The summed E-state index contributed by atoms with van der Waals surface area (Å²) in [6, 6.07) is 0. The van der Waals surface area contributed by atoms with Crippen LogP contribution in [-0.2, 0) is 0 Å². The molecule has 84 valence electrons. The van der Waals surface area contributed by atoms with Crippen LogP contribution in [0.2, 0.25) is 0 Å². The predicted octanol–water partition coefficient (Wildman–Crippen LogP) is 2.97. The van der Waals surface area contributed by atoms with Crippen LogP contribution in [-0.4, -0.2) is 16.3 Å². The summed E-state index contributed by atoms with van der Waals surface area (Å²) < 4.78 is 0. The van der Waals surface area contributed by atoms with Crippen molar-refractivity contribution >= 4 is 0 Å². The highest BCUT2D eigenvalue weighted by Crippen LogP contribution is 2.43. The Hall–Kier alpha value is -1.02. The van der Waals surface area contributed by atoms with Gasteiger partial charge in [-0.3, -0.25) is 0 Å². The van der Waals surface area contributed by atoms with Gasteiger partial charge in [0.1, 0.15) is 0 Å². The molecule has 1 saturated carbocycles. The third-order valence-corrected chi connectivity index (χ3v) is 3.04. The molecule has 15 heavy (non-hydrogen) atoms. The van der Waals surface area contributed by atoms with Gasteiger partial charge in [-0.2, -0.15) is 0 Å². The maximum absolute atomic E-state index is 9.67. The van der Waals surface area contributed by atoms with Crippen molar-refractivity contribution in [3.8, 4) is 0 Å². The molecule has 1 aliphatic carbocycles. The molecule has 2 unspecified atom stereocenters. The first-order valence-electron chi connectivity index (χ1n) is 5.30. The van der Waals surface area contributed by atoms with Crippen LogP contribution >= 0.6 is 0 Å². The lowest BCUT2D eigenvalue weighted by Gasteiger charge is -2.41. The van der Waals surface area contributed by atoms with Crippen molar-refractivity contribution in [2.75, 3.05) is 0 Å². The fourth-order valence-electron chi connectivity index (χ4n) is 2.41. The van der Waals surface area contributed by atoms with Gasteiger partial charge in [-0.15, -0.1) is 0 Å². The maximum Gasteiger partial charge on any atom is 0.0791 e. The van der Waals surface area contributed by atoms with E-state index in [-0.39, 0.29) is 17.4 Å². The summed E-state index contributed by atoms with van der Waals surface area (Å²) in [6.07, 6.45) is 7.70. The molecule has 0 amide bonds. The topological polar surface area (TPSA) is 40.5 Å². The molecule has 1 rings (SSSR count). The van der Waals surface area contributed by atoms with Crippen molar-refractivity contribution in [3.05, 3.63) is 36.6 Å². The molecule has 0 bridgehead atoms. The zero-order valence-electron chi connectivity index (χ0n) is 9.48. The molecule has 2 N–H and O–H groups in total. The van der Waals surface area contributed by atoms with Crippen molar-refractivity contribution in [2.45, 2.75) is 32.8 Å². The fraction of sp³-hybridized carbons (Fsp3) is 0.538. The van der Waals surface area contributed by atoms with Crippen LogP contribution in [0.4, 0.5) is 0 Å². The minimum absolute atomic E-state index is 0.0363. The lowest BCUT2D eigenvalue weighted by molar-refractivity contribution is 0.0704. The zero-order chi connectivity index (χ0) is 11.5. The molecule has 2 heteroatoms. The molecule has 0 saturated heterocycles. The Morgan fingerprint density at radius 1 is 1.40 bits per heavy atom. The SMILES string of the molecule is C=C1CC(O)CC(C)(C)C1/C=C/C=C\O. The second kappa shape index (κ2) is 4.67. The van der Waals surface area contributed by atoms with Crippen molar-refractivity contribution in [1.82, 2.24) is 0 Å². The first-order chi connectivity index (χ1) is 6.97. The maximum atomic E-state index is 9.67. The summed E-state index contributed by atoms with van der Waals surface area (Å²) in [4.78, 5) is 0. The van der Waals surface area contributed by atoms with Gasteiger partial charge in [-0.05, 0) is 24.3 Å². The van der Waals surface area contributed by atoms with Crippen molar-refractivity contribution in [1.29, 1.82) is 0 Å². The Morgan fingerprint density at radius 3 is 2.60 bits per heavy atom. The molecule has 1 aliphatic rings. The number of hydrogen-bond donors (Lipinski definition) is 2. The van der Waals surface area contributed by atoms with Gasteiger partial charge in [0.05, 0.1) is 12.4 Å². The molecule has 0 aromatic carbocycles. The van der Waals surface area contributed by atoms with Gasteiger partial charge in [0.2, 0.25) is 0 Å². The molecule has 0 aromatic heterocycles. The Kier molecular flexibility index (Phi) is 3.75. The summed E-state index contributed by atoms with van der Waals surface area (Å²) in [7, 11) is 0. The second-order valence-corrected chi connectivity index (χ2v) is 4.91. The molecule has 2 atom stereocenters. The highest BCUT2D eigenvalue weighted by atomic mass is 16.3. The number of aliphatic hydroxyl groups excluding tert-OH is 2. The van der Waals surface area contributed by atoms with E-state index in [2.05, 4.69) is 20.4 Å². The summed E-state index contributed by atoms with van der Waals surface area (Å²) >= 11 is 0. The Labute approximate surface area is 91.6 Å². The van der Waals surface area contributed by atoms with Gasteiger partial charge in [0, 0.05) is 5.92 Å². The van der Waals surface area contributed by atoms with Gasteiger partial charge in [0.15, 0.2) is 0 Å². The lowest BCUT2D eigenvalue weighted by atomic mass is 9.66. The Morgan fingerprint density at radius 2 is 2.07 bits per heavy atom. The molecule has 0 aromatic rings. The van der Waals surface area contributed by atoms with E-state index in [1.165, 1.54) is 0 Å². The van der Waals surface area contributed by atoms with Crippen LogP contribution in [0.25, 0.3) is 0 Å². The van der Waals surface area contributed by atoms with E-state index in [0.29, 0.717) is 6.42 Å². The Bertz CT molecular complexity index is 287. The van der Waals surface area contributed by atoms with Crippen LogP contribution in [0.5, 0.6) is 0 Å². The van der Waals surface area contributed by atoms with E-state index >= 15 is 0 Å². The third kappa shape index (κ3) is 2.96. The zero-order valence-corrected chi connectivity index (χ0v) is 9.48. The predicted molar refractivity (Wildman–Crippen MR) is 62.6 cm³/mol. The fourth-order valence-corrected chi connectivity index (χ4v) is 2.41. The molecule has 2 nitrogen and oxygen atoms in total. The van der Waals surface area contributed by atoms with Crippen LogP contribution < -0.4 is 0 Å². The normalized spacial score (nSPS) is 31.5. The van der Waals surface area contributed by atoms with E-state index in [9.17, 15) is 5.11 Å². The highest BCUT2D eigenvalue weighted by molar-refractivity contribution is 5.20. The van der Waals surface area contributed by atoms with E-state index in [0.717, 1.165) is 18.3 Å². The van der Waals surface area contributed by atoms with Crippen LogP contribution in [0.15, 0.2) is 36.6 Å². The quantitative estimate of drug-likeness (QED) is 0.416. The Balaban J connectivity index is 2.80. The largest absolute Gasteiger partial charge is 0.516 e. The average Bonchev–Trinajstić information content (AvgIpc) is 2.08. The minimum Gasteiger partial charge on any atom is -0.516 e. The highest BCUT2D eigenvalue weighted by Gasteiger charge is 2.36. The first-order valence-corrected chi connectivity index (χ1v) is 5.30. The van der Waals surface area contributed by atoms with Gasteiger partial charge in [0.25, 0.3) is 0 Å². The summed E-state index contributed by atoms with van der Waals surface area (Å²) in [5.74, 6) is 0.275. The van der Waals surface area contributed by atoms with Crippen LogP contribution in [0.3, 0.4) is 0 Å². The van der Waals surface area contributed by atoms with Crippen LogP contribution in [0.1, 0.15) is 26.7 Å². The molecule has 0 spiro atoms. The number of rotatable bonds is 2. The van der Waals surface area contributed by atoms with E-state index in [1.54, 1.807) is 6.08 Å². The molecular weight excluding hydrogens is 188 g/mol. The molecule has 1 fully saturated rings. The smallest absolute Gasteiger partial charge is 0.0791 e. The standard InChI is InChI=1S/C13H20O2/c1-10-8-11(15)9-13(2,3)12(10)6-4-5-7-14/h4-7,11-12,14-15H,1,8-9H2,2-3H3/b6-4+,7-5-. The van der Waals surface area contributed by atoms with Gasteiger partial charge >= 0.3 is 0 Å². The lowest BCUT2D eigenvalue weighted by Crippen LogP contribution is -2.35. The third-order valence-electron chi connectivity index (χ3n) is 3.04. The summed E-state index contributed by atoms with van der Waals surface area (Å²) in [6.45, 7) is 8.30. The molecular formula is C13H20O2. The minimum atomic E-state index is -0.259. The van der Waals surface area contributed by atoms with Gasteiger partial charge in [-0.1, -0.05) is 38.2 Å². The van der Waals surface area contributed by atoms with E-state index in [4.69, 9.17) is 5.11 Å². The van der Waals surface area contributed by atoms with Crippen molar-refractivity contribution < 1.29 is 10.2 Å². The van der Waals surface area contributed by atoms with Crippen LogP contribution in [0, 0.1) is 11.3 Å². The molecule has 0 heterocycles. The molecule has 0 aliphatic heterocycles. The van der Waals surface area contributed by atoms with Crippen molar-refractivity contribution in [2.24, 2.45) is 11.3 Å². The first kappa shape index (κ1) is 12.1. The monoisotopic (exact) mass is 208 g/mol. The molecule has 0 radical (unpaired) electrons. The summed E-state index contributed by atoms with van der Waals surface area (Å²) in [5.41, 5.74) is 1.11.